The number of sulfone groups is 1. The standard InChI is InChI=1S/C13H18F3N3O2S.HI/c1-17-12(18-8-7-13(14,15)16)19-9-10-3-5-11(6-4-10)22(2,20)21;/h3-6H,7-9H2,1-2H3,(H2,17,18,19);1H. The molecule has 0 bridgehead atoms. The summed E-state index contributed by atoms with van der Waals surface area (Å²) in [6, 6.07) is 6.22. The second kappa shape index (κ2) is 9.30. The maximum Gasteiger partial charge on any atom is 0.390 e. The van der Waals surface area contributed by atoms with Crippen LogP contribution in [-0.4, -0.2) is 40.4 Å². The first-order valence-corrected chi connectivity index (χ1v) is 8.31. The molecular weight excluding hydrogens is 446 g/mol. The molecule has 5 nitrogen and oxygen atoms in total. The zero-order chi connectivity index (χ0) is 16.8. The molecule has 1 rings (SSSR count). The number of nitrogens with zero attached hydrogens (tertiary/aromatic N) is 1. The van der Waals surface area contributed by atoms with Gasteiger partial charge in [-0.3, -0.25) is 4.99 Å². The molecule has 10 heteroatoms. The second-order valence-corrected chi connectivity index (χ2v) is 6.65. The van der Waals surface area contributed by atoms with E-state index in [2.05, 4.69) is 15.6 Å². The van der Waals surface area contributed by atoms with Gasteiger partial charge in [-0.25, -0.2) is 8.42 Å². The summed E-state index contributed by atoms with van der Waals surface area (Å²) >= 11 is 0. The van der Waals surface area contributed by atoms with Crippen molar-refractivity contribution in [2.45, 2.75) is 24.0 Å². The summed E-state index contributed by atoms with van der Waals surface area (Å²) < 4.78 is 58.8. The fourth-order valence-electron chi connectivity index (χ4n) is 1.58. The van der Waals surface area contributed by atoms with Gasteiger partial charge in [0.2, 0.25) is 0 Å². The lowest BCUT2D eigenvalue weighted by atomic mass is 10.2. The Labute approximate surface area is 150 Å². The van der Waals surface area contributed by atoms with Gasteiger partial charge < -0.3 is 10.6 Å². The van der Waals surface area contributed by atoms with E-state index in [1.807, 2.05) is 0 Å². The Balaban J connectivity index is 0.00000484. The summed E-state index contributed by atoms with van der Waals surface area (Å²) in [5, 5.41) is 5.41. The molecule has 0 unspecified atom stereocenters. The maximum absolute atomic E-state index is 12.0. The van der Waals surface area contributed by atoms with Crippen LogP contribution in [0.15, 0.2) is 34.2 Å². The Hall–Kier alpha value is -1.04. The number of hydrogen-bond donors (Lipinski definition) is 2. The molecule has 2 N–H and O–H groups in total. The molecule has 132 valence electrons. The first-order valence-electron chi connectivity index (χ1n) is 6.42. The Kier molecular flexibility index (Phi) is 8.88. The van der Waals surface area contributed by atoms with E-state index >= 15 is 0 Å². The maximum atomic E-state index is 12.0. The SMILES string of the molecule is CN=C(NCCC(F)(F)F)NCc1ccc(S(C)(=O)=O)cc1.I. The fraction of sp³-hybridized carbons (Fsp3) is 0.462. The Morgan fingerprint density at radius 2 is 1.74 bits per heavy atom. The van der Waals surface area contributed by atoms with Crippen LogP contribution in [0.25, 0.3) is 0 Å². The van der Waals surface area contributed by atoms with Gasteiger partial charge in [0.25, 0.3) is 0 Å². The van der Waals surface area contributed by atoms with Crippen molar-refractivity contribution in [3.63, 3.8) is 0 Å². The minimum atomic E-state index is -4.21. The van der Waals surface area contributed by atoms with Gasteiger partial charge in [0.1, 0.15) is 0 Å². The highest BCUT2D eigenvalue weighted by Crippen LogP contribution is 2.18. The van der Waals surface area contributed by atoms with Crippen LogP contribution in [0.1, 0.15) is 12.0 Å². The molecule has 0 saturated heterocycles. The predicted octanol–water partition coefficient (Wildman–Crippen LogP) is 2.33. The molecule has 0 amide bonds. The van der Waals surface area contributed by atoms with E-state index in [0.29, 0.717) is 6.54 Å². The molecule has 23 heavy (non-hydrogen) atoms. The lowest BCUT2D eigenvalue weighted by molar-refractivity contribution is -0.132. The van der Waals surface area contributed by atoms with E-state index < -0.39 is 22.4 Å². The molecule has 0 aliphatic heterocycles. The van der Waals surface area contributed by atoms with Crippen LogP contribution < -0.4 is 10.6 Å². The fourth-order valence-corrected chi connectivity index (χ4v) is 2.21. The highest BCUT2D eigenvalue weighted by molar-refractivity contribution is 14.0. The molecule has 1 aromatic carbocycles. The van der Waals surface area contributed by atoms with Gasteiger partial charge in [-0.05, 0) is 17.7 Å². The van der Waals surface area contributed by atoms with Crippen LogP contribution in [0.5, 0.6) is 0 Å². The van der Waals surface area contributed by atoms with Gasteiger partial charge in [0.15, 0.2) is 15.8 Å². The van der Waals surface area contributed by atoms with Crippen LogP contribution in [-0.2, 0) is 16.4 Å². The Morgan fingerprint density at radius 1 is 1.17 bits per heavy atom. The van der Waals surface area contributed by atoms with E-state index in [9.17, 15) is 21.6 Å². The van der Waals surface area contributed by atoms with Crippen molar-refractivity contribution in [1.29, 1.82) is 0 Å². The molecule has 0 aromatic heterocycles. The summed E-state index contributed by atoms with van der Waals surface area (Å²) in [6.07, 6.45) is -4.04. The molecule has 0 aliphatic carbocycles. The minimum absolute atomic E-state index is 0. The predicted molar refractivity (Wildman–Crippen MR) is 93.8 cm³/mol. The molecule has 0 fully saturated rings. The van der Waals surface area contributed by atoms with E-state index in [0.717, 1.165) is 11.8 Å². The number of aliphatic imine (C=N–C) groups is 1. The van der Waals surface area contributed by atoms with E-state index in [1.54, 1.807) is 12.1 Å². The van der Waals surface area contributed by atoms with Crippen LogP contribution in [0.2, 0.25) is 0 Å². The molecule has 0 heterocycles. The van der Waals surface area contributed by atoms with Crippen molar-refractivity contribution < 1.29 is 21.6 Å². The third kappa shape index (κ3) is 8.98. The average molecular weight is 465 g/mol. The summed E-state index contributed by atoms with van der Waals surface area (Å²) in [5.41, 5.74) is 0.783. The first-order chi connectivity index (χ1) is 10.1. The highest BCUT2D eigenvalue weighted by atomic mass is 127. The van der Waals surface area contributed by atoms with Crippen LogP contribution in [0.3, 0.4) is 0 Å². The molecular formula is C13H19F3IN3O2S. The van der Waals surface area contributed by atoms with Crippen LogP contribution >= 0.6 is 24.0 Å². The quantitative estimate of drug-likeness (QED) is 0.398. The van der Waals surface area contributed by atoms with Crippen LogP contribution in [0, 0.1) is 0 Å². The Bertz CT molecular complexity index is 616. The Morgan fingerprint density at radius 3 is 2.17 bits per heavy atom. The molecule has 0 saturated carbocycles. The van der Waals surface area contributed by atoms with E-state index in [-0.39, 0.29) is 41.4 Å². The lowest BCUT2D eigenvalue weighted by Gasteiger charge is -2.13. The number of rotatable bonds is 5. The first kappa shape index (κ1) is 22.0. The van der Waals surface area contributed by atoms with Crippen molar-refractivity contribution in [3.8, 4) is 0 Å². The van der Waals surface area contributed by atoms with E-state index in [1.165, 1.54) is 19.2 Å². The third-order valence-corrected chi connectivity index (χ3v) is 3.86. The summed E-state index contributed by atoms with van der Waals surface area (Å²) in [5.74, 6) is 0.247. The lowest BCUT2D eigenvalue weighted by Crippen LogP contribution is -2.38. The number of halogens is 4. The summed E-state index contributed by atoms with van der Waals surface area (Å²) in [7, 11) is -1.79. The topological polar surface area (TPSA) is 70.6 Å². The van der Waals surface area contributed by atoms with Crippen molar-refractivity contribution in [3.05, 3.63) is 29.8 Å². The van der Waals surface area contributed by atoms with Gasteiger partial charge in [0.05, 0.1) is 11.3 Å². The van der Waals surface area contributed by atoms with Crippen molar-refractivity contribution >= 4 is 39.8 Å². The number of alkyl halides is 3. The number of benzene rings is 1. The zero-order valence-electron chi connectivity index (χ0n) is 12.6. The molecule has 1 aromatic rings. The molecule has 0 radical (unpaired) electrons. The highest BCUT2D eigenvalue weighted by Gasteiger charge is 2.26. The smallest absolute Gasteiger partial charge is 0.356 e. The van der Waals surface area contributed by atoms with Gasteiger partial charge >= 0.3 is 6.18 Å². The largest absolute Gasteiger partial charge is 0.390 e. The van der Waals surface area contributed by atoms with Gasteiger partial charge in [0, 0.05) is 26.4 Å². The number of guanidine groups is 1. The number of nitrogens with one attached hydrogen (secondary N) is 2. The minimum Gasteiger partial charge on any atom is -0.356 e. The zero-order valence-corrected chi connectivity index (χ0v) is 15.8. The van der Waals surface area contributed by atoms with Gasteiger partial charge in [-0.15, -0.1) is 24.0 Å². The molecule has 0 spiro atoms. The van der Waals surface area contributed by atoms with E-state index in [4.69, 9.17) is 0 Å². The van der Waals surface area contributed by atoms with Gasteiger partial charge in [-0.2, -0.15) is 13.2 Å². The molecule has 0 aliphatic rings. The third-order valence-electron chi connectivity index (χ3n) is 2.74. The average Bonchev–Trinajstić information content (AvgIpc) is 2.41. The van der Waals surface area contributed by atoms with Crippen LogP contribution in [0.4, 0.5) is 13.2 Å². The van der Waals surface area contributed by atoms with Crippen molar-refractivity contribution in [2.24, 2.45) is 4.99 Å². The normalized spacial score (nSPS) is 12.5. The monoisotopic (exact) mass is 465 g/mol. The number of hydrogen-bond acceptors (Lipinski definition) is 3. The van der Waals surface area contributed by atoms with Crippen molar-refractivity contribution in [2.75, 3.05) is 19.8 Å². The molecule has 0 atom stereocenters. The second-order valence-electron chi connectivity index (χ2n) is 4.63. The summed E-state index contributed by atoms with van der Waals surface area (Å²) in [6.45, 7) is 0.0475. The van der Waals surface area contributed by atoms with Gasteiger partial charge in [-0.1, -0.05) is 12.1 Å². The van der Waals surface area contributed by atoms with Crippen molar-refractivity contribution in [1.82, 2.24) is 10.6 Å². The summed E-state index contributed by atoms with van der Waals surface area (Å²) in [4.78, 5) is 4.02.